The maximum absolute atomic E-state index is 13.2. The van der Waals surface area contributed by atoms with Gasteiger partial charge >= 0.3 is 0 Å². The molecule has 1 aromatic carbocycles. The lowest BCUT2D eigenvalue weighted by Crippen LogP contribution is -2.45. The Morgan fingerprint density at radius 2 is 1.86 bits per heavy atom. The van der Waals surface area contributed by atoms with E-state index in [2.05, 4.69) is 10.2 Å². The molecule has 0 bridgehead atoms. The Kier molecular flexibility index (Phi) is 8.04. The maximum atomic E-state index is 13.2. The van der Waals surface area contributed by atoms with Crippen molar-refractivity contribution in [2.24, 2.45) is 5.92 Å². The van der Waals surface area contributed by atoms with Crippen molar-refractivity contribution in [3.05, 3.63) is 29.6 Å². The molecule has 0 saturated carbocycles. The number of carbonyl (C=O) groups excluding carboxylic acids is 2. The van der Waals surface area contributed by atoms with Gasteiger partial charge in [0, 0.05) is 25.2 Å². The first-order valence-electron chi connectivity index (χ1n) is 11.1. The zero-order valence-electron chi connectivity index (χ0n) is 17.6. The minimum absolute atomic E-state index is 0.0484. The monoisotopic (exact) mass is 403 g/mol. The van der Waals surface area contributed by atoms with Crippen molar-refractivity contribution in [2.75, 3.05) is 38.0 Å². The summed E-state index contributed by atoms with van der Waals surface area (Å²) in [6, 6.07) is 4.38. The summed E-state index contributed by atoms with van der Waals surface area (Å²) in [5.74, 6) is 0.264. The van der Waals surface area contributed by atoms with Gasteiger partial charge in [-0.05, 0) is 81.8 Å². The summed E-state index contributed by atoms with van der Waals surface area (Å²) >= 11 is 0. The topological polar surface area (TPSA) is 52.7 Å². The maximum Gasteiger partial charge on any atom is 0.236 e. The molecule has 6 heteroatoms. The minimum atomic E-state index is -0.298. The van der Waals surface area contributed by atoms with Crippen LogP contribution in [0.3, 0.4) is 0 Å². The van der Waals surface area contributed by atoms with Crippen LogP contribution in [0.1, 0.15) is 56.9 Å². The fourth-order valence-corrected chi connectivity index (χ4v) is 4.43. The second kappa shape index (κ2) is 10.7. The molecule has 0 radical (unpaired) electrons. The predicted octanol–water partition coefficient (Wildman–Crippen LogP) is 3.97. The fourth-order valence-electron chi connectivity index (χ4n) is 4.43. The summed E-state index contributed by atoms with van der Waals surface area (Å²) in [4.78, 5) is 29.4. The molecule has 0 aliphatic carbocycles. The second-order valence-corrected chi connectivity index (χ2v) is 8.58. The molecule has 160 valence electrons. The van der Waals surface area contributed by atoms with Gasteiger partial charge in [-0.2, -0.15) is 0 Å². The van der Waals surface area contributed by atoms with Crippen molar-refractivity contribution < 1.29 is 14.0 Å². The smallest absolute Gasteiger partial charge is 0.236 e. The molecule has 1 N–H and O–H groups in total. The number of aryl methyl sites for hydroxylation is 1. The Hall–Kier alpha value is -1.95. The molecule has 2 amide bonds. The lowest BCUT2D eigenvalue weighted by Gasteiger charge is -2.34. The number of hydrogen-bond acceptors (Lipinski definition) is 3. The van der Waals surface area contributed by atoms with E-state index >= 15 is 0 Å². The first-order chi connectivity index (χ1) is 14.0. The lowest BCUT2D eigenvalue weighted by molar-refractivity contribution is -0.134. The summed E-state index contributed by atoms with van der Waals surface area (Å²) in [5, 5.41) is 2.88. The van der Waals surface area contributed by atoms with Crippen molar-refractivity contribution in [1.29, 1.82) is 0 Å². The Morgan fingerprint density at radius 1 is 1.10 bits per heavy atom. The molecular weight excluding hydrogens is 369 g/mol. The number of rotatable bonds is 6. The highest BCUT2D eigenvalue weighted by Crippen LogP contribution is 2.23. The molecule has 1 atom stereocenters. The zero-order valence-corrected chi connectivity index (χ0v) is 17.6. The Bertz CT molecular complexity index is 701. The van der Waals surface area contributed by atoms with Crippen LogP contribution < -0.4 is 5.32 Å². The summed E-state index contributed by atoms with van der Waals surface area (Å²) < 4.78 is 13.2. The number of anilines is 1. The highest BCUT2D eigenvalue weighted by atomic mass is 19.1. The molecule has 2 aliphatic rings. The number of hydrogen-bond donors (Lipinski definition) is 1. The quantitative estimate of drug-likeness (QED) is 0.782. The van der Waals surface area contributed by atoms with Crippen LogP contribution in [0.25, 0.3) is 0 Å². The van der Waals surface area contributed by atoms with Gasteiger partial charge in [0.2, 0.25) is 11.8 Å². The number of likely N-dealkylation sites (tertiary alicyclic amines) is 2. The first kappa shape index (κ1) is 21.8. The number of piperidine rings is 1. The van der Waals surface area contributed by atoms with Gasteiger partial charge < -0.3 is 10.2 Å². The average Bonchev–Trinajstić information content (AvgIpc) is 2.97. The van der Waals surface area contributed by atoms with Gasteiger partial charge in [0.15, 0.2) is 0 Å². The molecule has 0 aromatic heterocycles. The van der Waals surface area contributed by atoms with E-state index in [0.717, 1.165) is 51.0 Å². The van der Waals surface area contributed by atoms with Crippen LogP contribution in [-0.4, -0.2) is 54.3 Å². The van der Waals surface area contributed by atoms with E-state index in [0.29, 0.717) is 24.6 Å². The molecule has 1 unspecified atom stereocenters. The molecule has 5 nitrogen and oxygen atoms in total. The Labute approximate surface area is 173 Å². The van der Waals surface area contributed by atoms with E-state index in [1.54, 1.807) is 13.0 Å². The van der Waals surface area contributed by atoms with E-state index in [1.807, 2.05) is 4.90 Å². The minimum Gasteiger partial charge on any atom is -0.341 e. The van der Waals surface area contributed by atoms with Crippen molar-refractivity contribution in [3.8, 4) is 0 Å². The van der Waals surface area contributed by atoms with Crippen LogP contribution in [0.4, 0.5) is 10.1 Å². The number of nitrogens with one attached hydrogen (secondary N) is 1. The average molecular weight is 404 g/mol. The molecule has 2 heterocycles. The second-order valence-electron chi connectivity index (χ2n) is 8.58. The van der Waals surface area contributed by atoms with Crippen LogP contribution in [0, 0.1) is 18.7 Å². The van der Waals surface area contributed by atoms with Crippen LogP contribution >= 0.6 is 0 Å². The van der Waals surface area contributed by atoms with Gasteiger partial charge in [-0.15, -0.1) is 0 Å². The Morgan fingerprint density at radius 3 is 2.59 bits per heavy atom. The summed E-state index contributed by atoms with van der Waals surface area (Å²) in [7, 11) is 0. The number of benzene rings is 1. The summed E-state index contributed by atoms with van der Waals surface area (Å²) in [5.41, 5.74) is 1.38. The van der Waals surface area contributed by atoms with Gasteiger partial charge in [0.1, 0.15) is 5.82 Å². The van der Waals surface area contributed by atoms with Gasteiger partial charge in [-0.25, -0.2) is 4.39 Å². The summed E-state index contributed by atoms with van der Waals surface area (Å²) in [6.45, 7) is 5.99. The van der Waals surface area contributed by atoms with Gasteiger partial charge in [-0.3, -0.25) is 14.5 Å². The third-order valence-corrected chi connectivity index (χ3v) is 6.17. The van der Waals surface area contributed by atoms with E-state index in [-0.39, 0.29) is 17.6 Å². The first-order valence-corrected chi connectivity index (χ1v) is 11.1. The van der Waals surface area contributed by atoms with E-state index in [4.69, 9.17) is 0 Å². The van der Waals surface area contributed by atoms with Gasteiger partial charge in [-0.1, -0.05) is 12.8 Å². The lowest BCUT2D eigenvalue weighted by atomic mass is 9.93. The third-order valence-electron chi connectivity index (χ3n) is 6.17. The molecule has 2 fully saturated rings. The van der Waals surface area contributed by atoms with Crippen LogP contribution in [0.5, 0.6) is 0 Å². The molecular formula is C23H34FN3O2. The third kappa shape index (κ3) is 6.81. The molecule has 29 heavy (non-hydrogen) atoms. The van der Waals surface area contributed by atoms with Crippen molar-refractivity contribution in [1.82, 2.24) is 9.80 Å². The number of carbonyl (C=O) groups is 2. The Balaban J connectivity index is 1.42. The number of amides is 2. The molecule has 0 spiro atoms. The normalized spacial score (nSPS) is 20.9. The molecule has 2 aliphatic heterocycles. The number of nitrogens with zero attached hydrogens (tertiary/aromatic N) is 2. The van der Waals surface area contributed by atoms with Gasteiger partial charge in [0.25, 0.3) is 0 Å². The van der Waals surface area contributed by atoms with Crippen molar-refractivity contribution in [3.63, 3.8) is 0 Å². The van der Waals surface area contributed by atoms with Crippen molar-refractivity contribution in [2.45, 2.75) is 58.3 Å². The van der Waals surface area contributed by atoms with Crippen LogP contribution in [-0.2, 0) is 9.59 Å². The molecule has 2 saturated heterocycles. The fraction of sp³-hybridized carbons (Fsp3) is 0.652. The molecule has 1 aromatic rings. The zero-order chi connectivity index (χ0) is 20.6. The molecule has 3 rings (SSSR count). The van der Waals surface area contributed by atoms with Crippen LogP contribution in [0.2, 0.25) is 0 Å². The SMILES string of the molecule is Cc1cc(F)ccc1NC(=O)CCC1CCCN(C(=O)CN2CCCCCC2)C1. The van der Waals surface area contributed by atoms with E-state index < -0.39 is 0 Å². The van der Waals surface area contributed by atoms with Crippen LogP contribution in [0.15, 0.2) is 18.2 Å². The predicted molar refractivity (Wildman–Crippen MR) is 113 cm³/mol. The number of halogens is 1. The standard InChI is InChI=1S/C23H34FN3O2/c1-18-15-20(24)9-10-21(18)25-22(28)11-8-19-7-6-14-27(16-19)23(29)17-26-12-4-2-3-5-13-26/h9-10,15,19H,2-8,11-14,16-17H2,1H3,(H,25,28). The van der Waals surface area contributed by atoms with Crippen molar-refractivity contribution >= 4 is 17.5 Å². The highest BCUT2D eigenvalue weighted by molar-refractivity contribution is 5.91. The van der Waals surface area contributed by atoms with E-state index in [9.17, 15) is 14.0 Å². The summed E-state index contributed by atoms with van der Waals surface area (Å²) in [6.07, 6.45) is 8.21. The largest absolute Gasteiger partial charge is 0.341 e. The van der Waals surface area contributed by atoms with E-state index in [1.165, 1.54) is 37.8 Å². The highest BCUT2D eigenvalue weighted by Gasteiger charge is 2.25. The van der Waals surface area contributed by atoms with Gasteiger partial charge in [0.05, 0.1) is 6.54 Å².